The first-order chi connectivity index (χ1) is 7.18. The molecule has 0 radical (unpaired) electrons. The third kappa shape index (κ3) is 4.91. The molecule has 0 saturated carbocycles. The van der Waals surface area contributed by atoms with E-state index in [1.165, 1.54) is 6.20 Å². The molecule has 2 N–H and O–H groups in total. The van der Waals surface area contributed by atoms with Crippen molar-refractivity contribution in [3.8, 4) is 0 Å². The molecule has 16 heavy (non-hydrogen) atoms. The van der Waals surface area contributed by atoms with Gasteiger partial charge in [-0.2, -0.15) is 13.1 Å². The molecule has 0 aliphatic rings. The maximum atomic E-state index is 11.6. The van der Waals surface area contributed by atoms with Gasteiger partial charge < -0.3 is 0 Å². The van der Waals surface area contributed by atoms with Crippen molar-refractivity contribution in [3.63, 3.8) is 0 Å². The third-order valence-corrected chi connectivity index (χ3v) is 3.23. The van der Waals surface area contributed by atoms with E-state index in [4.69, 9.17) is 0 Å². The van der Waals surface area contributed by atoms with Gasteiger partial charge in [-0.3, -0.25) is 4.72 Å². The molecule has 0 unspecified atom stereocenters. The van der Waals surface area contributed by atoms with Crippen LogP contribution >= 0.6 is 15.9 Å². The number of aromatic nitrogens is 1. The summed E-state index contributed by atoms with van der Waals surface area (Å²) < 4.78 is 28.8. The van der Waals surface area contributed by atoms with Crippen LogP contribution in [0.15, 0.2) is 22.8 Å². The number of halogens is 1. The zero-order chi connectivity index (χ0) is 12.4. The molecular weight excluding hydrogens is 294 g/mol. The van der Waals surface area contributed by atoms with Gasteiger partial charge in [-0.05, 0) is 48.8 Å². The van der Waals surface area contributed by atoms with Gasteiger partial charge in [-0.25, -0.2) is 4.98 Å². The van der Waals surface area contributed by atoms with Gasteiger partial charge in [0.1, 0.15) is 5.82 Å². The first-order valence-electron chi connectivity index (χ1n) is 4.61. The molecule has 1 heterocycles. The molecule has 0 fully saturated rings. The van der Waals surface area contributed by atoms with Crippen molar-refractivity contribution in [1.82, 2.24) is 9.71 Å². The van der Waals surface area contributed by atoms with Crippen LogP contribution in [0.3, 0.4) is 0 Å². The van der Waals surface area contributed by atoms with Gasteiger partial charge in [0.25, 0.3) is 0 Å². The van der Waals surface area contributed by atoms with E-state index in [9.17, 15) is 8.42 Å². The molecule has 7 heteroatoms. The van der Waals surface area contributed by atoms with Gasteiger partial charge >= 0.3 is 10.2 Å². The number of anilines is 1. The van der Waals surface area contributed by atoms with Crippen LogP contribution in [-0.4, -0.2) is 18.9 Å². The van der Waals surface area contributed by atoms with Gasteiger partial charge in [0.15, 0.2) is 0 Å². The summed E-state index contributed by atoms with van der Waals surface area (Å²) in [6, 6.07) is 3.29. The zero-order valence-corrected chi connectivity index (χ0v) is 11.7. The van der Waals surface area contributed by atoms with E-state index in [-0.39, 0.29) is 5.82 Å². The Morgan fingerprint density at radius 1 is 1.31 bits per heavy atom. The minimum Gasteiger partial charge on any atom is -0.255 e. The quantitative estimate of drug-likeness (QED) is 0.896. The number of nitrogens with zero attached hydrogens (tertiary/aromatic N) is 1. The summed E-state index contributed by atoms with van der Waals surface area (Å²) in [5, 5.41) is 0. The summed E-state index contributed by atoms with van der Waals surface area (Å²) in [7, 11) is -3.58. The topological polar surface area (TPSA) is 71.1 Å². The lowest BCUT2D eigenvalue weighted by Gasteiger charge is -2.20. The molecule has 0 amide bonds. The van der Waals surface area contributed by atoms with Crippen LogP contribution in [0, 0.1) is 0 Å². The SMILES string of the molecule is CC(C)(C)NS(=O)(=O)Nc1ccc(Br)cn1. The number of rotatable bonds is 3. The highest BCUT2D eigenvalue weighted by molar-refractivity contribution is 9.10. The fraction of sp³-hybridized carbons (Fsp3) is 0.444. The van der Waals surface area contributed by atoms with Crippen molar-refractivity contribution >= 4 is 32.0 Å². The molecule has 0 aromatic carbocycles. The van der Waals surface area contributed by atoms with E-state index >= 15 is 0 Å². The third-order valence-electron chi connectivity index (χ3n) is 1.41. The first kappa shape index (κ1) is 13.4. The molecule has 1 rings (SSSR count). The van der Waals surface area contributed by atoms with Crippen molar-refractivity contribution < 1.29 is 8.42 Å². The normalized spacial score (nSPS) is 12.5. The van der Waals surface area contributed by atoms with Gasteiger partial charge in [0.2, 0.25) is 0 Å². The molecule has 0 bridgehead atoms. The van der Waals surface area contributed by atoms with Crippen LogP contribution in [0.25, 0.3) is 0 Å². The maximum absolute atomic E-state index is 11.6. The van der Waals surface area contributed by atoms with Crippen molar-refractivity contribution in [2.75, 3.05) is 4.72 Å². The summed E-state index contributed by atoms with van der Waals surface area (Å²) in [5.74, 6) is 0.278. The molecule has 0 aliphatic carbocycles. The van der Waals surface area contributed by atoms with Crippen LogP contribution in [-0.2, 0) is 10.2 Å². The first-order valence-corrected chi connectivity index (χ1v) is 6.89. The van der Waals surface area contributed by atoms with E-state index in [1.54, 1.807) is 32.9 Å². The van der Waals surface area contributed by atoms with Crippen LogP contribution in [0.1, 0.15) is 20.8 Å². The average molecular weight is 308 g/mol. The molecular formula is C9H14BrN3O2S. The van der Waals surface area contributed by atoms with Crippen molar-refractivity contribution in [2.45, 2.75) is 26.3 Å². The van der Waals surface area contributed by atoms with Crippen LogP contribution in [0.2, 0.25) is 0 Å². The predicted molar refractivity (Wildman–Crippen MR) is 67.4 cm³/mol. The average Bonchev–Trinajstić information content (AvgIpc) is 2.04. The van der Waals surface area contributed by atoms with Gasteiger partial charge in [0.05, 0.1) is 0 Å². The largest absolute Gasteiger partial charge is 0.300 e. The Bertz CT molecular complexity index is 451. The predicted octanol–water partition coefficient (Wildman–Crippen LogP) is 1.89. The lowest BCUT2D eigenvalue weighted by molar-refractivity contribution is 0.494. The van der Waals surface area contributed by atoms with E-state index in [0.717, 1.165) is 4.47 Å². The van der Waals surface area contributed by atoms with E-state index in [0.29, 0.717) is 0 Å². The lowest BCUT2D eigenvalue weighted by atomic mass is 10.1. The van der Waals surface area contributed by atoms with Crippen LogP contribution in [0.5, 0.6) is 0 Å². The van der Waals surface area contributed by atoms with Crippen molar-refractivity contribution in [2.24, 2.45) is 0 Å². The number of hydrogen-bond acceptors (Lipinski definition) is 3. The van der Waals surface area contributed by atoms with Gasteiger partial charge in [-0.1, -0.05) is 0 Å². The Morgan fingerprint density at radius 2 is 1.94 bits per heavy atom. The lowest BCUT2D eigenvalue weighted by Crippen LogP contribution is -2.43. The highest BCUT2D eigenvalue weighted by atomic mass is 79.9. The van der Waals surface area contributed by atoms with Crippen molar-refractivity contribution in [3.05, 3.63) is 22.8 Å². The highest BCUT2D eigenvalue weighted by Crippen LogP contribution is 2.12. The number of nitrogens with one attached hydrogen (secondary N) is 2. The molecule has 0 atom stereocenters. The molecule has 1 aromatic rings. The molecule has 1 aromatic heterocycles. The summed E-state index contributed by atoms with van der Waals surface area (Å²) in [4.78, 5) is 3.92. The Kier molecular flexibility index (Phi) is 3.92. The minimum atomic E-state index is -3.58. The second kappa shape index (κ2) is 4.68. The Balaban J connectivity index is 2.77. The van der Waals surface area contributed by atoms with Gasteiger partial charge in [0, 0.05) is 16.2 Å². The van der Waals surface area contributed by atoms with E-state index < -0.39 is 15.7 Å². The minimum absolute atomic E-state index is 0.278. The van der Waals surface area contributed by atoms with Crippen LogP contribution < -0.4 is 9.44 Å². The fourth-order valence-electron chi connectivity index (χ4n) is 1.00. The van der Waals surface area contributed by atoms with E-state index in [2.05, 4.69) is 30.4 Å². The van der Waals surface area contributed by atoms with E-state index in [1.807, 2.05) is 0 Å². The maximum Gasteiger partial charge on any atom is 0.300 e. The van der Waals surface area contributed by atoms with Crippen molar-refractivity contribution in [1.29, 1.82) is 0 Å². The second-order valence-electron chi connectivity index (χ2n) is 4.32. The molecule has 0 aliphatic heterocycles. The Labute approximate surface area is 104 Å². The highest BCUT2D eigenvalue weighted by Gasteiger charge is 2.19. The summed E-state index contributed by atoms with van der Waals surface area (Å²) >= 11 is 3.22. The fourth-order valence-corrected chi connectivity index (χ4v) is 2.49. The Morgan fingerprint density at radius 3 is 2.38 bits per heavy atom. The van der Waals surface area contributed by atoms with Crippen LogP contribution in [0.4, 0.5) is 5.82 Å². The molecule has 90 valence electrons. The standard InChI is InChI=1S/C9H14BrN3O2S/c1-9(2,3)13-16(14,15)12-8-5-4-7(10)6-11-8/h4-6,13H,1-3H3,(H,11,12). The zero-order valence-electron chi connectivity index (χ0n) is 9.28. The monoisotopic (exact) mass is 307 g/mol. The summed E-state index contributed by atoms with van der Waals surface area (Å²) in [5.41, 5.74) is -0.527. The van der Waals surface area contributed by atoms with Gasteiger partial charge in [-0.15, -0.1) is 0 Å². The Hall–Kier alpha value is -0.660. The summed E-state index contributed by atoms with van der Waals surface area (Å²) in [6.45, 7) is 5.30. The number of hydrogen-bond donors (Lipinski definition) is 2. The number of pyridine rings is 1. The second-order valence-corrected chi connectivity index (χ2v) is 6.65. The summed E-state index contributed by atoms with van der Waals surface area (Å²) in [6.07, 6.45) is 1.52. The smallest absolute Gasteiger partial charge is 0.255 e. The molecule has 5 nitrogen and oxygen atoms in total. The molecule has 0 spiro atoms. The molecule has 0 saturated heterocycles.